The molecule has 0 atom stereocenters. The van der Waals surface area contributed by atoms with E-state index in [1.54, 1.807) is 11.0 Å². The van der Waals surface area contributed by atoms with Crippen LogP contribution in [0, 0.1) is 6.92 Å². The minimum absolute atomic E-state index is 0.0705. The molecule has 0 N–H and O–H groups in total. The molecule has 3 rings (SSSR count). The Morgan fingerprint density at radius 3 is 2.78 bits per heavy atom. The van der Waals surface area contributed by atoms with Crippen LogP contribution in [0.15, 0.2) is 39.7 Å². The van der Waals surface area contributed by atoms with Crippen LogP contribution in [0.3, 0.4) is 0 Å². The highest BCUT2D eigenvalue weighted by Crippen LogP contribution is 2.33. The van der Waals surface area contributed by atoms with Gasteiger partial charge in [0.15, 0.2) is 0 Å². The molecular weight excluding hydrogens is 350 g/mol. The normalized spacial score (nSPS) is 16.7. The molecule has 0 spiro atoms. The van der Waals surface area contributed by atoms with Crippen molar-refractivity contribution >= 4 is 51.9 Å². The Kier molecular flexibility index (Phi) is 4.62. The number of aryl methyl sites for hydroxylation is 1. The molecular formula is C17H14ClNO2S2. The van der Waals surface area contributed by atoms with Crippen molar-refractivity contribution in [2.75, 3.05) is 6.54 Å². The molecule has 0 saturated carbocycles. The number of halogens is 1. The first-order chi connectivity index (χ1) is 11.0. The minimum atomic E-state index is -0.0705. The third-order valence-corrected chi connectivity index (χ3v) is 5.33. The Labute approximate surface area is 149 Å². The Morgan fingerprint density at radius 1 is 1.35 bits per heavy atom. The van der Waals surface area contributed by atoms with Gasteiger partial charge in [0.2, 0.25) is 0 Å². The SMILES string of the molecule is CCN1C(=O)/C(=C\c2ccc(-c3ccc(C)c(Cl)c3)o2)SC1=S. The number of hydrogen-bond acceptors (Lipinski definition) is 4. The van der Waals surface area contributed by atoms with Gasteiger partial charge < -0.3 is 4.42 Å². The fraction of sp³-hybridized carbons (Fsp3) is 0.176. The van der Waals surface area contributed by atoms with E-state index in [1.165, 1.54) is 11.8 Å². The molecule has 3 nitrogen and oxygen atoms in total. The van der Waals surface area contributed by atoms with Crippen molar-refractivity contribution in [1.82, 2.24) is 4.90 Å². The van der Waals surface area contributed by atoms with E-state index in [0.29, 0.717) is 32.3 Å². The van der Waals surface area contributed by atoms with Gasteiger partial charge in [-0.1, -0.05) is 47.7 Å². The van der Waals surface area contributed by atoms with Crippen molar-refractivity contribution in [2.24, 2.45) is 0 Å². The van der Waals surface area contributed by atoms with Gasteiger partial charge in [-0.05, 0) is 37.6 Å². The van der Waals surface area contributed by atoms with E-state index in [1.807, 2.05) is 44.2 Å². The molecule has 23 heavy (non-hydrogen) atoms. The Bertz CT molecular complexity index is 826. The Hall–Kier alpha value is -1.56. The summed E-state index contributed by atoms with van der Waals surface area (Å²) in [5.41, 5.74) is 1.92. The van der Waals surface area contributed by atoms with Crippen molar-refractivity contribution in [3.63, 3.8) is 0 Å². The van der Waals surface area contributed by atoms with E-state index >= 15 is 0 Å². The van der Waals surface area contributed by atoms with Crippen LogP contribution in [-0.4, -0.2) is 21.7 Å². The second kappa shape index (κ2) is 6.51. The third-order valence-electron chi connectivity index (χ3n) is 3.55. The van der Waals surface area contributed by atoms with Crippen LogP contribution in [0.4, 0.5) is 0 Å². The lowest BCUT2D eigenvalue weighted by Crippen LogP contribution is -2.27. The summed E-state index contributed by atoms with van der Waals surface area (Å²) in [5, 5.41) is 0.698. The molecule has 1 saturated heterocycles. The number of amides is 1. The quantitative estimate of drug-likeness (QED) is 0.559. The van der Waals surface area contributed by atoms with Gasteiger partial charge in [-0.25, -0.2) is 0 Å². The van der Waals surface area contributed by atoms with Gasteiger partial charge in [-0.3, -0.25) is 9.69 Å². The van der Waals surface area contributed by atoms with Gasteiger partial charge in [0, 0.05) is 23.2 Å². The molecule has 1 aromatic carbocycles. The predicted molar refractivity (Wildman–Crippen MR) is 99.4 cm³/mol. The molecule has 1 fully saturated rings. The van der Waals surface area contributed by atoms with Gasteiger partial charge in [0.25, 0.3) is 5.91 Å². The number of nitrogens with zero attached hydrogens (tertiary/aromatic N) is 1. The Morgan fingerprint density at radius 2 is 2.13 bits per heavy atom. The molecule has 0 unspecified atom stereocenters. The zero-order valence-corrected chi connectivity index (χ0v) is 15.0. The number of thioether (sulfide) groups is 1. The molecule has 1 aromatic heterocycles. The lowest BCUT2D eigenvalue weighted by Gasteiger charge is -2.09. The van der Waals surface area contributed by atoms with Crippen LogP contribution in [-0.2, 0) is 4.79 Å². The van der Waals surface area contributed by atoms with Crippen LogP contribution in [0.2, 0.25) is 5.02 Å². The fourth-order valence-corrected chi connectivity index (χ4v) is 3.78. The number of carbonyl (C=O) groups excluding carboxylic acids is 1. The average molecular weight is 364 g/mol. The predicted octanol–water partition coefficient (Wildman–Crippen LogP) is 5.13. The average Bonchev–Trinajstić information content (AvgIpc) is 3.08. The zero-order valence-electron chi connectivity index (χ0n) is 12.6. The van der Waals surface area contributed by atoms with E-state index in [2.05, 4.69) is 0 Å². The number of hydrogen-bond donors (Lipinski definition) is 0. The van der Waals surface area contributed by atoms with Crippen LogP contribution >= 0.6 is 35.6 Å². The Balaban J connectivity index is 1.88. The summed E-state index contributed by atoms with van der Waals surface area (Å²) < 4.78 is 6.40. The summed E-state index contributed by atoms with van der Waals surface area (Å²) in [6, 6.07) is 9.48. The molecule has 118 valence electrons. The highest BCUT2D eigenvalue weighted by Gasteiger charge is 2.30. The van der Waals surface area contributed by atoms with Crippen LogP contribution in [0.5, 0.6) is 0 Å². The molecule has 0 aliphatic carbocycles. The van der Waals surface area contributed by atoms with E-state index in [0.717, 1.165) is 11.1 Å². The standard InChI is InChI=1S/C17H14ClNO2S2/c1-3-19-16(20)15(23-17(19)22)9-12-6-7-14(21-12)11-5-4-10(2)13(18)8-11/h4-9H,3H2,1-2H3/b15-9+. The van der Waals surface area contributed by atoms with Crippen molar-refractivity contribution in [3.05, 3.63) is 51.6 Å². The smallest absolute Gasteiger partial charge is 0.266 e. The first kappa shape index (κ1) is 16.3. The number of thiocarbonyl (C=S) groups is 1. The molecule has 1 amide bonds. The van der Waals surface area contributed by atoms with Gasteiger partial charge in [0.1, 0.15) is 15.8 Å². The van der Waals surface area contributed by atoms with Gasteiger partial charge >= 0.3 is 0 Å². The summed E-state index contributed by atoms with van der Waals surface area (Å²) >= 11 is 12.7. The van der Waals surface area contributed by atoms with Crippen LogP contribution < -0.4 is 0 Å². The maximum atomic E-state index is 12.2. The van der Waals surface area contributed by atoms with Crippen LogP contribution in [0.1, 0.15) is 18.2 Å². The summed E-state index contributed by atoms with van der Waals surface area (Å²) in [5.74, 6) is 1.26. The van der Waals surface area contributed by atoms with Crippen molar-refractivity contribution in [1.29, 1.82) is 0 Å². The molecule has 6 heteroatoms. The molecule has 0 bridgehead atoms. The van der Waals surface area contributed by atoms with Crippen molar-refractivity contribution in [3.8, 4) is 11.3 Å². The van der Waals surface area contributed by atoms with Crippen molar-refractivity contribution in [2.45, 2.75) is 13.8 Å². The number of furan rings is 1. The fourth-order valence-electron chi connectivity index (χ4n) is 2.23. The zero-order chi connectivity index (χ0) is 16.6. The van der Waals surface area contributed by atoms with Gasteiger partial charge in [0.05, 0.1) is 4.91 Å². The largest absolute Gasteiger partial charge is 0.457 e. The second-order valence-corrected chi connectivity index (χ2v) is 7.17. The van der Waals surface area contributed by atoms with E-state index in [9.17, 15) is 4.79 Å². The van der Waals surface area contributed by atoms with E-state index < -0.39 is 0 Å². The number of benzene rings is 1. The molecule has 2 aromatic rings. The number of rotatable bonds is 3. The summed E-state index contributed by atoms with van der Waals surface area (Å²) in [6.45, 7) is 4.43. The van der Waals surface area contributed by atoms with Crippen molar-refractivity contribution < 1.29 is 9.21 Å². The second-order valence-electron chi connectivity index (χ2n) is 5.09. The monoisotopic (exact) mass is 363 g/mol. The molecule has 2 heterocycles. The summed E-state index contributed by atoms with van der Waals surface area (Å²) in [7, 11) is 0. The van der Waals surface area contributed by atoms with Crippen LogP contribution in [0.25, 0.3) is 17.4 Å². The van der Waals surface area contributed by atoms with E-state index in [4.69, 9.17) is 28.2 Å². The minimum Gasteiger partial charge on any atom is -0.457 e. The summed E-state index contributed by atoms with van der Waals surface area (Å²) in [4.78, 5) is 14.4. The van der Waals surface area contributed by atoms with Gasteiger partial charge in [-0.15, -0.1) is 0 Å². The lowest BCUT2D eigenvalue weighted by molar-refractivity contribution is -0.121. The molecule has 1 aliphatic heterocycles. The lowest BCUT2D eigenvalue weighted by atomic mass is 10.1. The molecule has 1 aliphatic rings. The topological polar surface area (TPSA) is 33.5 Å². The van der Waals surface area contributed by atoms with Gasteiger partial charge in [-0.2, -0.15) is 0 Å². The number of carbonyl (C=O) groups is 1. The highest BCUT2D eigenvalue weighted by molar-refractivity contribution is 8.26. The molecule has 0 radical (unpaired) electrons. The first-order valence-electron chi connectivity index (χ1n) is 7.11. The highest BCUT2D eigenvalue weighted by atomic mass is 35.5. The number of likely N-dealkylation sites (N-methyl/N-ethyl adjacent to an activating group) is 1. The van der Waals surface area contributed by atoms with E-state index in [-0.39, 0.29) is 5.91 Å². The third kappa shape index (κ3) is 3.22. The maximum absolute atomic E-state index is 12.2. The first-order valence-corrected chi connectivity index (χ1v) is 8.71. The maximum Gasteiger partial charge on any atom is 0.266 e. The summed E-state index contributed by atoms with van der Waals surface area (Å²) in [6.07, 6.45) is 1.73.